The lowest BCUT2D eigenvalue weighted by atomic mass is 10.1. The fraction of sp³-hybridized carbons (Fsp3) is 0.500. The molecule has 1 rings (SSSR count). The Morgan fingerprint density at radius 2 is 2.00 bits per heavy atom. The van der Waals surface area contributed by atoms with Crippen molar-refractivity contribution in [1.29, 1.82) is 0 Å². The van der Waals surface area contributed by atoms with Gasteiger partial charge in [0.05, 0.1) is 5.56 Å². The Balaban J connectivity index is 2.87. The molecule has 0 unspecified atom stereocenters. The van der Waals surface area contributed by atoms with Crippen molar-refractivity contribution in [3.05, 3.63) is 29.8 Å². The van der Waals surface area contributed by atoms with Gasteiger partial charge in [0, 0.05) is 25.8 Å². The molecule has 0 aliphatic carbocycles. The maximum Gasteiger partial charge on any atom is 0.255 e. The zero-order valence-electron chi connectivity index (χ0n) is 11.2. The Bertz CT molecular complexity index is 374. The highest BCUT2D eigenvalue weighted by atomic mass is 16.2. The van der Waals surface area contributed by atoms with Crippen LogP contribution in [-0.4, -0.2) is 30.9 Å². The number of para-hydroxylation sites is 1. The molecule has 0 aliphatic heterocycles. The molecule has 1 N–H and O–H groups in total. The molecule has 1 amide bonds. The molecule has 1 aromatic carbocycles. The molecule has 1 aromatic rings. The van der Waals surface area contributed by atoms with E-state index in [1.54, 1.807) is 4.90 Å². The summed E-state index contributed by atoms with van der Waals surface area (Å²) in [5, 5.41) is 3.22. The molecule has 0 heterocycles. The second-order valence-electron chi connectivity index (χ2n) is 4.66. The first-order valence-electron chi connectivity index (χ1n) is 6.14. The lowest BCUT2D eigenvalue weighted by Gasteiger charge is -2.21. The van der Waals surface area contributed by atoms with Crippen LogP contribution >= 0.6 is 0 Å². The average molecular weight is 234 g/mol. The van der Waals surface area contributed by atoms with Crippen molar-refractivity contribution in [2.75, 3.05) is 25.5 Å². The van der Waals surface area contributed by atoms with Gasteiger partial charge in [0.15, 0.2) is 0 Å². The lowest BCUT2D eigenvalue weighted by Crippen LogP contribution is -2.30. The van der Waals surface area contributed by atoms with Gasteiger partial charge in [-0.15, -0.1) is 0 Å². The van der Waals surface area contributed by atoms with E-state index in [0.29, 0.717) is 5.92 Å². The van der Waals surface area contributed by atoms with Crippen LogP contribution in [0, 0.1) is 5.92 Å². The van der Waals surface area contributed by atoms with Crippen molar-refractivity contribution < 1.29 is 4.79 Å². The molecule has 0 saturated heterocycles. The van der Waals surface area contributed by atoms with E-state index >= 15 is 0 Å². The van der Waals surface area contributed by atoms with Crippen molar-refractivity contribution in [2.24, 2.45) is 5.92 Å². The second kappa shape index (κ2) is 6.28. The summed E-state index contributed by atoms with van der Waals surface area (Å²) < 4.78 is 0. The molecule has 0 atom stereocenters. The number of amides is 1. The molecule has 3 nitrogen and oxygen atoms in total. The smallest absolute Gasteiger partial charge is 0.255 e. The minimum atomic E-state index is 0.0789. The summed E-state index contributed by atoms with van der Waals surface area (Å²) in [6.45, 7) is 7.84. The van der Waals surface area contributed by atoms with Crippen molar-refractivity contribution in [2.45, 2.75) is 20.8 Å². The lowest BCUT2D eigenvalue weighted by molar-refractivity contribution is 0.0780. The molecule has 0 saturated carbocycles. The minimum absolute atomic E-state index is 0.0789. The van der Waals surface area contributed by atoms with E-state index in [1.165, 1.54) is 0 Å². The zero-order chi connectivity index (χ0) is 12.8. The fourth-order valence-electron chi connectivity index (χ4n) is 1.85. The Hall–Kier alpha value is -1.51. The predicted octanol–water partition coefficient (Wildman–Crippen LogP) is 2.85. The summed E-state index contributed by atoms with van der Waals surface area (Å²) in [5.74, 6) is 0.561. The van der Waals surface area contributed by atoms with Gasteiger partial charge in [-0.2, -0.15) is 0 Å². The summed E-state index contributed by atoms with van der Waals surface area (Å²) >= 11 is 0. The first-order chi connectivity index (χ1) is 8.06. The third-order valence-corrected chi connectivity index (χ3v) is 2.51. The summed E-state index contributed by atoms with van der Waals surface area (Å²) in [6.07, 6.45) is 0. The Kier molecular flexibility index (Phi) is 5.01. The molecule has 0 aliphatic rings. The Morgan fingerprint density at radius 1 is 1.35 bits per heavy atom. The number of nitrogens with zero attached hydrogens (tertiary/aromatic N) is 1. The number of carbonyl (C=O) groups is 1. The summed E-state index contributed by atoms with van der Waals surface area (Å²) in [4.78, 5) is 14.0. The van der Waals surface area contributed by atoms with Crippen LogP contribution in [-0.2, 0) is 0 Å². The van der Waals surface area contributed by atoms with E-state index in [2.05, 4.69) is 19.2 Å². The number of anilines is 1. The van der Waals surface area contributed by atoms with Crippen LogP contribution in [0.1, 0.15) is 31.1 Å². The van der Waals surface area contributed by atoms with Crippen molar-refractivity contribution in [1.82, 2.24) is 4.90 Å². The van der Waals surface area contributed by atoms with Gasteiger partial charge >= 0.3 is 0 Å². The van der Waals surface area contributed by atoms with Crippen LogP contribution in [0.2, 0.25) is 0 Å². The first kappa shape index (κ1) is 13.6. The quantitative estimate of drug-likeness (QED) is 0.849. The van der Waals surface area contributed by atoms with Crippen molar-refractivity contribution >= 4 is 11.6 Å². The van der Waals surface area contributed by atoms with E-state index in [9.17, 15) is 4.79 Å². The van der Waals surface area contributed by atoms with Gasteiger partial charge in [-0.3, -0.25) is 4.79 Å². The molecule has 17 heavy (non-hydrogen) atoms. The molecule has 0 bridgehead atoms. The summed E-state index contributed by atoms with van der Waals surface area (Å²) in [5.41, 5.74) is 1.66. The molecular formula is C14H22N2O. The third-order valence-electron chi connectivity index (χ3n) is 2.51. The fourth-order valence-corrected chi connectivity index (χ4v) is 1.85. The van der Waals surface area contributed by atoms with Gasteiger partial charge < -0.3 is 10.2 Å². The summed E-state index contributed by atoms with van der Waals surface area (Å²) in [6, 6.07) is 7.66. The highest BCUT2D eigenvalue weighted by Gasteiger charge is 2.15. The molecule has 94 valence electrons. The standard InChI is InChI=1S/C14H22N2O/c1-5-15-13-9-7-6-8-12(13)14(17)16(4)10-11(2)3/h6-9,11,15H,5,10H2,1-4H3. The number of nitrogens with one attached hydrogen (secondary N) is 1. The third kappa shape index (κ3) is 3.77. The van der Waals surface area contributed by atoms with Gasteiger partial charge in [0.25, 0.3) is 5.91 Å². The van der Waals surface area contributed by atoms with Gasteiger partial charge in [0.1, 0.15) is 0 Å². The molecule has 0 aromatic heterocycles. The Labute approximate surface area is 104 Å². The van der Waals surface area contributed by atoms with E-state index in [0.717, 1.165) is 24.3 Å². The molecule has 0 fully saturated rings. The zero-order valence-corrected chi connectivity index (χ0v) is 11.2. The molecular weight excluding hydrogens is 212 g/mol. The molecule has 0 radical (unpaired) electrons. The maximum absolute atomic E-state index is 12.3. The number of rotatable bonds is 5. The number of benzene rings is 1. The highest BCUT2D eigenvalue weighted by Crippen LogP contribution is 2.17. The summed E-state index contributed by atoms with van der Waals surface area (Å²) in [7, 11) is 1.85. The van der Waals surface area contributed by atoms with Crippen molar-refractivity contribution in [3.8, 4) is 0 Å². The molecule has 0 spiro atoms. The van der Waals surface area contributed by atoms with Crippen LogP contribution in [0.4, 0.5) is 5.69 Å². The van der Waals surface area contributed by atoms with E-state index in [1.807, 2.05) is 38.2 Å². The van der Waals surface area contributed by atoms with Crippen molar-refractivity contribution in [3.63, 3.8) is 0 Å². The first-order valence-corrected chi connectivity index (χ1v) is 6.14. The molecule has 3 heteroatoms. The van der Waals surface area contributed by atoms with Crippen LogP contribution < -0.4 is 5.32 Å². The van der Waals surface area contributed by atoms with E-state index in [-0.39, 0.29) is 5.91 Å². The predicted molar refractivity (Wildman–Crippen MR) is 72.4 cm³/mol. The van der Waals surface area contributed by atoms with Gasteiger partial charge in [-0.25, -0.2) is 0 Å². The number of hydrogen-bond acceptors (Lipinski definition) is 2. The second-order valence-corrected chi connectivity index (χ2v) is 4.66. The van der Waals surface area contributed by atoms with Gasteiger partial charge in [0.2, 0.25) is 0 Å². The van der Waals surface area contributed by atoms with Gasteiger partial charge in [-0.05, 0) is 25.0 Å². The average Bonchev–Trinajstić information content (AvgIpc) is 2.28. The topological polar surface area (TPSA) is 32.3 Å². The van der Waals surface area contributed by atoms with Crippen LogP contribution in [0.15, 0.2) is 24.3 Å². The number of hydrogen-bond donors (Lipinski definition) is 1. The van der Waals surface area contributed by atoms with Crippen LogP contribution in [0.25, 0.3) is 0 Å². The minimum Gasteiger partial charge on any atom is -0.385 e. The van der Waals surface area contributed by atoms with Gasteiger partial charge in [-0.1, -0.05) is 26.0 Å². The monoisotopic (exact) mass is 234 g/mol. The SMILES string of the molecule is CCNc1ccccc1C(=O)N(C)CC(C)C. The highest BCUT2D eigenvalue weighted by molar-refractivity contribution is 5.99. The van der Waals surface area contributed by atoms with Crippen LogP contribution in [0.5, 0.6) is 0 Å². The van der Waals surface area contributed by atoms with E-state index in [4.69, 9.17) is 0 Å². The van der Waals surface area contributed by atoms with E-state index < -0.39 is 0 Å². The largest absolute Gasteiger partial charge is 0.385 e. The number of carbonyl (C=O) groups excluding carboxylic acids is 1. The normalized spacial score (nSPS) is 10.4. The maximum atomic E-state index is 12.3. The Morgan fingerprint density at radius 3 is 2.59 bits per heavy atom. The van der Waals surface area contributed by atoms with Crippen LogP contribution in [0.3, 0.4) is 0 Å².